The topological polar surface area (TPSA) is 76.1 Å². The van der Waals surface area contributed by atoms with Gasteiger partial charge in [0, 0.05) is 36.8 Å². The van der Waals surface area contributed by atoms with Crippen LogP contribution in [0.3, 0.4) is 0 Å². The Hall–Kier alpha value is -3.10. The van der Waals surface area contributed by atoms with Crippen molar-refractivity contribution in [2.24, 2.45) is 5.41 Å². The van der Waals surface area contributed by atoms with Crippen LogP contribution >= 0.6 is 0 Å². The highest BCUT2D eigenvalue weighted by Crippen LogP contribution is 2.61. The smallest absolute Gasteiger partial charge is 0.410 e. The molecule has 8 heteroatoms. The minimum absolute atomic E-state index is 0.0681. The zero-order chi connectivity index (χ0) is 30.1. The molecule has 0 aromatic heterocycles. The van der Waals surface area contributed by atoms with E-state index in [-0.39, 0.29) is 17.6 Å². The fraction of sp³-hybridized carbons (Fsp3) is 0.529. The van der Waals surface area contributed by atoms with Crippen molar-refractivity contribution in [2.45, 2.75) is 82.8 Å². The van der Waals surface area contributed by atoms with Crippen LogP contribution in [0, 0.1) is 17.0 Å². The van der Waals surface area contributed by atoms with Gasteiger partial charge in [0.2, 0.25) is 0 Å². The molecule has 4 unspecified atom stereocenters. The Morgan fingerprint density at radius 1 is 1.14 bits per heavy atom. The molecule has 1 spiro atoms. The van der Waals surface area contributed by atoms with E-state index in [1.165, 1.54) is 11.6 Å². The van der Waals surface area contributed by atoms with Crippen molar-refractivity contribution >= 4 is 11.9 Å². The van der Waals surface area contributed by atoms with E-state index in [9.17, 15) is 23.5 Å². The van der Waals surface area contributed by atoms with Gasteiger partial charge in [-0.1, -0.05) is 30.7 Å². The first-order valence-electron chi connectivity index (χ1n) is 15.0. The van der Waals surface area contributed by atoms with Crippen LogP contribution in [0.25, 0.3) is 0 Å². The molecule has 0 radical (unpaired) electrons. The maximum absolute atomic E-state index is 14.2. The van der Waals surface area contributed by atoms with Gasteiger partial charge in [-0.15, -0.1) is 0 Å². The third-order valence-corrected chi connectivity index (χ3v) is 9.83. The number of benzene rings is 2. The third-order valence-electron chi connectivity index (χ3n) is 9.83. The number of carbonyl (C=O) groups excluding carboxylic acids is 2. The number of halogens is 2. The lowest BCUT2D eigenvalue weighted by Crippen LogP contribution is -2.48. The first-order valence-corrected chi connectivity index (χ1v) is 15.0. The van der Waals surface area contributed by atoms with Gasteiger partial charge in [-0.25, -0.2) is 13.6 Å². The average Bonchev–Trinajstić information content (AvgIpc) is 3.43. The number of aliphatic hydroxyl groups excluding tert-OH is 1. The normalized spacial score (nSPS) is 28.0. The van der Waals surface area contributed by atoms with Crippen molar-refractivity contribution in [3.63, 3.8) is 0 Å². The number of ether oxygens (including phenoxy) is 2. The minimum Gasteiger partial charge on any atom is -0.440 e. The van der Waals surface area contributed by atoms with E-state index < -0.39 is 34.5 Å². The number of hydrogen-bond donors (Lipinski definition) is 1. The number of ketones is 1. The number of rotatable bonds is 6. The molecule has 2 bridgehead atoms. The zero-order valence-corrected chi connectivity index (χ0v) is 24.8. The van der Waals surface area contributed by atoms with Crippen molar-refractivity contribution in [1.29, 1.82) is 0 Å². The maximum Gasteiger partial charge on any atom is 0.410 e. The second kappa shape index (κ2) is 12.3. The summed E-state index contributed by atoms with van der Waals surface area (Å²) in [4.78, 5) is 28.9. The Morgan fingerprint density at radius 2 is 1.95 bits per heavy atom. The van der Waals surface area contributed by atoms with Crippen LogP contribution in [0.5, 0.6) is 0 Å². The lowest BCUT2D eigenvalue weighted by atomic mass is 9.64. The largest absolute Gasteiger partial charge is 0.440 e. The Balaban J connectivity index is 1.60. The number of fused-ring (bicyclic) bond motifs is 8. The van der Waals surface area contributed by atoms with Crippen LogP contribution in [-0.4, -0.2) is 60.4 Å². The van der Waals surface area contributed by atoms with Gasteiger partial charge in [-0.2, -0.15) is 0 Å². The summed E-state index contributed by atoms with van der Waals surface area (Å²) in [6.45, 7) is 5.84. The summed E-state index contributed by atoms with van der Waals surface area (Å²) in [5.74, 6) is -2.60. The molecule has 1 N–H and O–H groups in total. The quantitative estimate of drug-likeness (QED) is 0.233. The summed E-state index contributed by atoms with van der Waals surface area (Å²) in [7, 11) is 1.64. The van der Waals surface area contributed by atoms with E-state index in [1.54, 1.807) is 18.1 Å². The molecule has 1 saturated heterocycles. The SMILES string of the molecule is COCCCN1CC2(CCC3c4ccc(cc4C(=O)c4ccc(F)c(F)c4)CC(O)CCC(C)=CCCC32C)OC1=O. The third kappa shape index (κ3) is 5.76. The highest BCUT2D eigenvalue weighted by atomic mass is 19.2. The zero-order valence-electron chi connectivity index (χ0n) is 24.8. The average molecular weight is 582 g/mol. The van der Waals surface area contributed by atoms with Crippen molar-refractivity contribution in [2.75, 3.05) is 26.8 Å². The minimum atomic E-state index is -1.07. The molecule has 1 aliphatic heterocycles. The molecule has 1 saturated carbocycles. The Bertz CT molecular complexity index is 1380. The van der Waals surface area contributed by atoms with Crippen LogP contribution in [0.1, 0.15) is 91.8 Å². The fourth-order valence-corrected chi connectivity index (χ4v) is 7.35. The Morgan fingerprint density at radius 3 is 2.71 bits per heavy atom. The molecule has 6 nitrogen and oxygen atoms in total. The van der Waals surface area contributed by atoms with Gasteiger partial charge in [-0.3, -0.25) is 4.79 Å². The van der Waals surface area contributed by atoms with E-state index in [2.05, 4.69) is 19.9 Å². The van der Waals surface area contributed by atoms with Crippen molar-refractivity contribution in [1.82, 2.24) is 4.90 Å². The van der Waals surface area contributed by atoms with Crippen molar-refractivity contribution in [3.8, 4) is 0 Å². The number of hydrogen-bond acceptors (Lipinski definition) is 5. The van der Waals surface area contributed by atoms with Gasteiger partial charge in [-0.05, 0) is 99.6 Å². The van der Waals surface area contributed by atoms with E-state index in [0.29, 0.717) is 57.4 Å². The summed E-state index contributed by atoms with van der Waals surface area (Å²) in [6, 6.07) is 8.95. The molecule has 4 atom stereocenters. The summed E-state index contributed by atoms with van der Waals surface area (Å²) in [5, 5.41) is 10.8. The molecule has 2 fully saturated rings. The van der Waals surface area contributed by atoms with Gasteiger partial charge in [0.15, 0.2) is 17.4 Å². The highest BCUT2D eigenvalue weighted by Gasteiger charge is 2.63. The molecule has 6 rings (SSSR count). The summed E-state index contributed by atoms with van der Waals surface area (Å²) in [6.07, 6.45) is 6.63. The number of allylic oxidation sites excluding steroid dienone is 2. The van der Waals surface area contributed by atoms with Gasteiger partial charge in [0.05, 0.1) is 12.6 Å². The summed E-state index contributed by atoms with van der Waals surface area (Å²) >= 11 is 0. The monoisotopic (exact) mass is 581 g/mol. The molecule has 1 amide bonds. The van der Waals surface area contributed by atoms with E-state index in [0.717, 1.165) is 42.5 Å². The molecular weight excluding hydrogens is 540 g/mol. The molecule has 42 heavy (non-hydrogen) atoms. The molecular formula is C34H41F2NO5. The van der Waals surface area contributed by atoms with Gasteiger partial charge in [0.1, 0.15) is 5.60 Å². The van der Waals surface area contributed by atoms with Crippen LogP contribution in [0.15, 0.2) is 48.0 Å². The number of aliphatic hydroxyl groups is 1. The Kier molecular flexibility index (Phi) is 8.86. The second-order valence-corrected chi connectivity index (χ2v) is 12.5. The summed E-state index contributed by atoms with van der Waals surface area (Å²) in [5.41, 5.74) is 2.10. The Labute approximate surface area is 246 Å². The lowest BCUT2D eigenvalue weighted by Gasteiger charge is -2.43. The van der Waals surface area contributed by atoms with Crippen molar-refractivity contribution in [3.05, 3.63) is 81.9 Å². The molecule has 3 aliphatic carbocycles. The second-order valence-electron chi connectivity index (χ2n) is 12.5. The molecule has 226 valence electrons. The number of carbonyl (C=O) groups is 2. The van der Waals surface area contributed by atoms with Crippen LogP contribution in [0.4, 0.5) is 13.6 Å². The predicted octanol–water partition coefficient (Wildman–Crippen LogP) is 6.73. The van der Waals surface area contributed by atoms with E-state index in [4.69, 9.17) is 9.47 Å². The van der Waals surface area contributed by atoms with Gasteiger partial charge in [0.25, 0.3) is 0 Å². The number of amides is 1. The highest BCUT2D eigenvalue weighted by molar-refractivity contribution is 6.10. The molecule has 2 aromatic rings. The standard InChI is InChI=1S/C34H41F2NO5/c1-22-6-4-14-33(2)28(13-15-34(33)21-37(32(40)42-34)16-5-17-41-3)26-11-8-23(18-25(38)10-7-22)19-27(26)31(39)24-9-12-29(35)30(36)20-24/h6,8-9,11-12,19-20,25,28,38H,4-5,7,10,13-18,21H2,1-3H3. The van der Waals surface area contributed by atoms with Crippen LogP contribution in [-0.2, 0) is 15.9 Å². The predicted molar refractivity (Wildman–Crippen MR) is 156 cm³/mol. The first-order chi connectivity index (χ1) is 20.1. The van der Waals surface area contributed by atoms with E-state index in [1.807, 2.05) is 12.1 Å². The van der Waals surface area contributed by atoms with Gasteiger partial charge >= 0.3 is 6.09 Å². The summed E-state index contributed by atoms with van der Waals surface area (Å²) < 4.78 is 39.5. The molecule has 1 heterocycles. The lowest BCUT2D eigenvalue weighted by molar-refractivity contribution is -0.0373. The maximum atomic E-state index is 14.2. The molecule has 4 aliphatic rings. The van der Waals surface area contributed by atoms with Crippen molar-refractivity contribution < 1.29 is 33.0 Å². The first kappa shape index (κ1) is 30.4. The fourth-order valence-electron chi connectivity index (χ4n) is 7.35. The number of methoxy groups -OCH3 is 1. The van der Waals surface area contributed by atoms with E-state index >= 15 is 0 Å². The van der Waals surface area contributed by atoms with Crippen LogP contribution < -0.4 is 0 Å². The van der Waals surface area contributed by atoms with Gasteiger partial charge < -0.3 is 19.5 Å². The molecule has 2 aromatic carbocycles. The number of nitrogens with zero attached hydrogens (tertiary/aromatic N) is 1. The van der Waals surface area contributed by atoms with Crippen LogP contribution in [0.2, 0.25) is 0 Å².